The highest BCUT2D eigenvalue weighted by Gasteiger charge is 2.18. The van der Waals surface area contributed by atoms with Crippen LogP contribution in [0.15, 0.2) is 12.1 Å². The van der Waals surface area contributed by atoms with Crippen LogP contribution in [0.3, 0.4) is 0 Å². The fraction of sp³-hybridized carbons (Fsp3) is 0.500. The highest BCUT2D eigenvalue weighted by Crippen LogP contribution is 2.25. The van der Waals surface area contributed by atoms with Gasteiger partial charge in [-0.05, 0) is 25.0 Å². The maximum atomic E-state index is 11.3. The minimum atomic E-state index is -0.142. The Labute approximate surface area is 92.8 Å². The molecule has 1 aromatic heterocycles. The van der Waals surface area contributed by atoms with Crippen LogP contribution >= 0.6 is 22.9 Å². The summed E-state index contributed by atoms with van der Waals surface area (Å²) in [4.78, 5) is 12.4. The Morgan fingerprint density at radius 2 is 2.36 bits per heavy atom. The number of carbonyl (C=O) groups excluding carboxylic acids is 1. The Kier molecular flexibility index (Phi) is 4.42. The number of carbonyl (C=O) groups is 1. The minimum absolute atomic E-state index is 0.0466. The number of ether oxygens (including phenoxy) is 1. The van der Waals surface area contributed by atoms with Crippen LogP contribution in [-0.2, 0) is 16.0 Å². The molecule has 0 radical (unpaired) electrons. The topological polar surface area (TPSA) is 26.3 Å². The highest BCUT2D eigenvalue weighted by atomic mass is 35.5. The van der Waals surface area contributed by atoms with E-state index in [1.165, 1.54) is 18.4 Å². The van der Waals surface area contributed by atoms with E-state index in [1.54, 1.807) is 0 Å². The van der Waals surface area contributed by atoms with Crippen molar-refractivity contribution in [2.24, 2.45) is 5.92 Å². The van der Waals surface area contributed by atoms with Crippen LogP contribution in [0, 0.1) is 5.92 Å². The zero-order valence-electron chi connectivity index (χ0n) is 8.25. The largest absolute Gasteiger partial charge is 0.469 e. The van der Waals surface area contributed by atoms with Crippen molar-refractivity contribution in [3.63, 3.8) is 0 Å². The number of esters is 1. The average molecular weight is 233 g/mol. The van der Waals surface area contributed by atoms with E-state index in [4.69, 9.17) is 16.3 Å². The molecule has 0 aliphatic carbocycles. The standard InChI is InChI=1S/C10H13ClO2S/c1-3-7(10(12)13-2)6-8-4-5-9(11)14-8/h4-5,7H,3,6H2,1-2H3. The van der Waals surface area contributed by atoms with Crippen LogP contribution in [0.1, 0.15) is 18.2 Å². The van der Waals surface area contributed by atoms with Crippen molar-refractivity contribution in [2.75, 3.05) is 7.11 Å². The van der Waals surface area contributed by atoms with E-state index in [9.17, 15) is 4.79 Å². The predicted octanol–water partition coefficient (Wildman–Crippen LogP) is 3.14. The summed E-state index contributed by atoms with van der Waals surface area (Å²) < 4.78 is 5.48. The van der Waals surface area contributed by atoms with E-state index in [0.29, 0.717) is 0 Å². The van der Waals surface area contributed by atoms with Gasteiger partial charge in [-0.25, -0.2) is 0 Å². The fourth-order valence-corrected chi connectivity index (χ4v) is 2.43. The SMILES string of the molecule is CCC(Cc1ccc(Cl)s1)C(=O)OC. The van der Waals surface area contributed by atoms with Gasteiger partial charge in [0, 0.05) is 4.88 Å². The van der Waals surface area contributed by atoms with Crippen molar-refractivity contribution < 1.29 is 9.53 Å². The van der Waals surface area contributed by atoms with Crippen molar-refractivity contribution in [1.82, 2.24) is 0 Å². The van der Waals surface area contributed by atoms with Crippen molar-refractivity contribution in [3.8, 4) is 0 Å². The lowest BCUT2D eigenvalue weighted by molar-refractivity contribution is -0.145. The smallest absolute Gasteiger partial charge is 0.309 e. The van der Waals surface area contributed by atoms with E-state index in [0.717, 1.165) is 22.1 Å². The summed E-state index contributed by atoms with van der Waals surface area (Å²) in [5, 5.41) is 0. The van der Waals surface area contributed by atoms with E-state index in [-0.39, 0.29) is 11.9 Å². The number of thiophene rings is 1. The first-order valence-electron chi connectivity index (χ1n) is 4.49. The van der Waals surface area contributed by atoms with Gasteiger partial charge in [-0.1, -0.05) is 18.5 Å². The molecule has 14 heavy (non-hydrogen) atoms. The van der Waals surface area contributed by atoms with Gasteiger partial charge in [0.05, 0.1) is 17.4 Å². The number of halogens is 1. The molecule has 78 valence electrons. The van der Waals surface area contributed by atoms with Crippen LogP contribution in [0.4, 0.5) is 0 Å². The molecule has 4 heteroatoms. The Hall–Kier alpha value is -0.540. The molecule has 2 nitrogen and oxygen atoms in total. The predicted molar refractivity (Wildman–Crippen MR) is 58.8 cm³/mol. The first kappa shape index (κ1) is 11.5. The molecule has 0 N–H and O–H groups in total. The van der Waals surface area contributed by atoms with Crippen molar-refractivity contribution in [2.45, 2.75) is 19.8 Å². The molecule has 0 fully saturated rings. The van der Waals surface area contributed by atoms with Gasteiger partial charge in [-0.15, -0.1) is 11.3 Å². The van der Waals surface area contributed by atoms with Crippen molar-refractivity contribution in [1.29, 1.82) is 0 Å². The number of methoxy groups -OCH3 is 1. The molecule has 1 atom stereocenters. The second-order valence-corrected chi connectivity index (χ2v) is 4.84. The Morgan fingerprint density at radius 1 is 1.64 bits per heavy atom. The number of hydrogen-bond acceptors (Lipinski definition) is 3. The molecule has 0 saturated heterocycles. The molecule has 1 rings (SSSR count). The Balaban J connectivity index is 2.61. The zero-order valence-corrected chi connectivity index (χ0v) is 9.82. The number of hydrogen-bond donors (Lipinski definition) is 0. The quantitative estimate of drug-likeness (QED) is 0.746. The molecule has 0 aliphatic rings. The molecular formula is C10H13ClO2S. The molecule has 0 spiro atoms. The molecule has 0 aromatic carbocycles. The summed E-state index contributed by atoms with van der Waals surface area (Å²) in [6, 6.07) is 3.81. The minimum Gasteiger partial charge on any atom is -0.469 e. The van der Waals surface area contributed by atoms with Gasteiger partial charge in [0.15, 0.2) is 0 Å². The summed E-state index contributed by atoms with van der Waals surface area (Å²) in [7, 11) is 1.42. The molecule has 0 aliphatic heterocycles. The second-order valence-electron chi connectivity index (χ2n) is 3.04. The van der Waals surface area contributed by atoms with Crippen LogP contribution in [0.2, 0.25) is 4.34 Å². The maximum Gasteiger partial charge on any atom is 0.309 e. The molecular weight excluding hydrogens is 220 g/mol. The van der Waals surface area contributed by atoms with Gasteiger partial charge >= 0.3 is 5.97 Å². The third kappa shape index (κ3) is 3.00. The molecule has 1 aromatic rings. The first-order chi connectivity index (χ1) is 6.67. The Bertz CT molecular complexity index is 309. The number of rotatable bonds is 4. The fourth-order valence-electron chi connectivity index (χ4n) is 1.27. The first-order valence-corrected chi connectivity index (χ1v) is 5.68. The van der Waals surface area contributed by atoms with Gasteiger partial charge in [0.2, 0.25) is 0 Å². The molecule has 0 bridgehead atoms. The summed E-state index contributed by atoms with van der Waals surface area (Å²) >= 11 is 7.32. The third-order valence-electron chi connectivity index (χ3n) is 2.10. The van der Waals surface area contributed by atoms with Crippen molar-refractivity contribution >= 4 is 28.9 Å². The lowest BCUT2D eigenvalue weighted by atomic mass is 10.0. The summed E-state index contributed by atoms with van der Waals surface area (Å²) in [6.07, 6.45) is 1.52. The lowest BCUT2D eigenvalue weighted by Crippen LogP contribution is -2.17. The highest BCUT2D eigenvalue weighted by molar-refractivity contribution is 7.16. The van der Waals surface area contributed by atoms with Crippen LogP contribution in [0.25, 0.3) is 0 Å². The Morgan fingerprint density at radius 3 is 2.79 bits per heavy atom. The average Bonchev–Trinajstić information content (AvgIpc) is 2.59. The van der Waals surface area contributed by atoms with E-state index >= 15 is 0 Å². The third-order valence-corrected chi connectivity index (χ3v) is 3.36. The molecule has 1 heterocycles. The van der Waals surface area contributed by atoms with E-state index in [2.05, 4.69) is 0 Å². The molecule has 0 amide bonds. The molecule has 0 saturated carbocycles. The zero-order chi connectivity index (χ0) is 10.6. The van der Waals surface area contributed by atoms with Crippen molar-refractivity contribution in [3.05, 3.63) is 21.3 Å². The van der Waals surface area contributed by atoms with Gasteiger partial charge in [0.25, 0.3) is 0 Å². The van der Waals surface area contributed by atoms with Gasteiger partial charge in [-0.3, -0.25) is 4.79 Å². The second kappa shape index (κ2) is 5.37. The maximum absolute atomic E-state index is 11.3. The lowest BCUT2D eigenvalue weighted by Gasteiger charge is -2.10. The van der Waals surface area contributed by atoms with Crippen LogP contribution < -0.4 is 0 Å². The molecule has 1 unspecified atom stereocenters. The summed E-state index contributed by atoms with van der Waals surface area (Å²) in [5.41, 5.74) is 0. The van der Waals surface area contributed by atoms with Crippen LogP contribution in [-0.4, -0.2) is 13.1 Å². The monoisotopic (exact) mass is 232 g/mol. The van der Waals surface area contributed by atoms with E-state index in [1.807, 2.05) is 19.1 Å². The van der Waals surface area contributed by atoms with Gasteiger partial charge in [-0.2, -0.15) is 0 Å². The summed E-state index contributed by atoms with van der Waals surface area (Å²) in [5.74, 6) is -0.188. The normalized spacial score (nSPS) is 12.5. The summed E-state index contributed by atoms with van der Waals surface area (Å²) in [6.45, 7) is 1.98. The van der Waals surface area contributed by atoms with Gasteiger partial charge < -0.3 is 4.74 Å². The van der Waals surface area contributed by atoms with Gasteiger partial charge in [0.1, 0.15) is 0 Å². The van der Waals surface area contributed by atoms with E-state index < -0.39 is 0 Å². The van der Waals surface area contributed by atoms with Crippen LogP contribution in [0.5, 0.6) is 0 Å².